The number of aromatic nitrogens is 3. The molecule has 0 saturated carbocycles. The number of amides is 1. The minimum absolute atomic E-state index is 0.0257. The molecule has 2 aromatic carbocycles. The fraction of sp³-hybridized carbons (Fsp3) is 0.250. The molecule has 0 atom stereocenters. The first-order valence-electron chi connectivity index (χ1n) is 9.83. The van der Waals surface area contributed by atoms with Gasteiger partial charge in [-0.25, -0.2) is 17.8 Å². The third-order valence-electron chi connectivity index (χ3n) is 4.26. The zero-order valence-corrected chi connectivity index (χ0v) is 22.7. The molecule has 16 heteroatoms. The Kier molecular flexibility index (Phi) is 10.1. The molecule has 9 nitrogen and oxygen atoms in total. The highest BCUT2D eigenvalue weighted by molar-refractivity contribution is 7.92. The first-order valence-corrected chi connectivity index (χ1v) is 13.2. The lowest BCUT2D eigenvalue weighted by Gasteiger charge is -2.10. The topological polar surface area (TPSA) is 115 Å². The number of anilines is 2. The lowest BCUT2D eigenvalue weighted by Crippen LogP contribution is -2.25. The van der Waals surface area contributed by atoms with E-state index in [0.29, 0.717) is 26.8 Å². The van der Waals surface area contributed by atoms with Gasteiger partial charge in [0.1, 0.15) is 5.82 Å². The van der Waals surface area contributed by atoms with Gasteiger partial charge >= 0.3 is 12.2 Å². The van der Waals surface area contributed by atoms with Crippen LogP contribution in [0.3, 0.4) is 0 Å². The third-order valence-corrected chi connectivity index (χ3v) is 6.21. The second-order valence-corrected chi connectivity index (χ2v) is 10.5. The number of hydrogen-bond donors (Lipinski definition) is 2. The molecule has 1 heterocycles. The van der Waals surface area contributed by atoms with E-state index in [-0.39, 0.29) is 37.7 Å². The van der Waals surface area contributed by atoms with Crippen LogP contribution in [0.1, 0.15) is 25.7 Å². The molecule has 0 radical (unpaired) electrons. The Morgan fingerprint density at radius 3 is 2.19 bits per heavy atom. The van der Waals surface area contributed by atoms with Crippen molar-refractivity contribution < 1.29 is 22.0 Å². The summed E-state index contributed by atoms with van der Waals surface area (Å²) < 4.78 is 51.3. The van der Waals surface area contributed by atoms with Crippen molar-refractivity contribution in [2.24, 2.45) is 0 Å². The molecule has 0 spiro atoms. The summed E-state index contributed by atoms with van der Waals surface area (Å²) in [7, 11) is -3.65. The first kappa shape index (κ1) is 29.8. The van der Waals surface area contributed by atoms with Crippen molar-refractivity contribution in [2.75, 3.05) is 16.3 Å². The lowest BCUT2D eigenvalue weighted by molar-refractivity contribution is -0.115. The van der Waals surface area contributed by atoms with Crippen LogP contribution in [0, 0.1) is 6.92 Å². The van der Waals surface area contributed by atoms with Crippen molar-refractivity contribution in [2.45, 2.75) is 26.8 Å². The molecule has 196 valence electrons. The van der Waals surface area contributed by atoms with Crippen LogP contribution >= 0.6 is 46.4 Å². The van der Waals surface area contributed by atoms with Gasteiger partial charge in [-0.1, -0.05) is 53.3 Å². The van der Waals surface area contributed by atoms with E-state index >= 15 is 0 Å². The van der Waals surface area contributed by atoms with Gasteiger partial charge in [-0.05, 0) is 37.3 Å². The van der Waals surface area contributed by atoms with Gasteiger partial charge in [0.15, 0.2) is 0 Å². The highest BCUT2D eigenvalue weighted by Crippen LogP contribution is 2.31. The summed E-state index contributed by atoms with van der Waals surface area (Å²) in [5.41, 5.74) is -0.604. The monoisotopic (exact) mass is 603 g/mol. The quantitative estimate of drug-likeness (QED) is 0.371. The largest absolute Gasteiger partial charge is 0.355 e. The van der Waals surface area contributed by atoms with E-state index in [1.165, 1.54) is 13.0 Å². The Hall–Kier alpha value is -2.38. The summed E-state index contributed by atoms with van der Waals surface area (Å²) in [6, 6.07) is 7.29. The molecule has 3 rings (SSSR count). The summed E-state index contributed by atoms with van der Waals surface area (Å²) in [6.45, 7) is -0.0629. The molecule has 3 aromatic rings. The highest BCUT2D eigenvalue weighted by atomic mass is 35.5. The van der Waals surface area contributed by atoms with Gasteiger partial charge < -0.3 is 5.32 Å². The minimum Gasteiger partial charge on any atom is -0.326 e. The number of rotatable bonds is 6. The number of alkyl halides is 2. The van der Waals surface area contributed by atoms with E-state index < -0.39 is 22.3 Å². The molecule has 0 fully saturated rings. The van der Waals surface area contributed by atoms with Gasteiger partial charge in [0.2, 0.25) is 15.9 Å². The van der Waals surface area contributed by atoms with Crippen LogP contribution in [-0.2, 0) is 14.8 Å². The first-order chi connectivity index (χ1) is 16.6. The van der Waals surface area contributed by atoms with Crippen LogP contribution in [0.25, 0.3) is 5.69 Å². The molecular weight excluding hydrogens is 586 g/mol. The van der Waals surface area contributed by atoms with Crippen molar-refractivity contribution in [3.63, 3.8) is 0 Å². The number of nitrogens with zero attached hydrogens (tertiary/aromatic N) is 3. The molecule has 0 aliphatic heterocycles. The average molecular weight is 605 g/mol. The Bertz CT molecular complexity index is 1440. The Morgan fingerprint density at radius 1 is 1.06 bits per heavy atom. The van der Waals surface area contributed by atoms with Crippen molar-refractivity contribution in [1.82, 2.24) is 14.3 Å². The molecule has 1 aromatic heterocycles. The van der Waals surface area contributed by atoms with E-state index in [0.717, 1.165) is 12.3 Å². The fourth-order valence-electron chi connectivity index (χ4n) is 2.66. The number of carbonyl (C=O) groups excluding carboxylic acids is 1. The van der Waals surface area contributed by atoms with E-state index in [1.807, 2.05) is 0 Å². The van der Waals surface area contributed by atoms with Crippen molar-refractivity contribution in [3.05, 3.63) is 66.7 Å². The summed E-state index contributed by atoms with van der Waals surface area (Å²) >= 11 is 23.3. The average Bonchev–Trinajstić information content (AvgIpc) is 3.06. The molecule has 0 bridgehead atoms. The van der Waals surface area contributed by atoms with Crippen LogP contribution in [0.15, 0.2) is 35.1 Å². The van der Waals surface area contributed by atoms with Crippen LogP contribution in [-0.4, -0.2) is 34.9 Å². The SMILES string of the molecule is CCC(=O)Nc1ccc(Cl)c(Cl)c1.Cc1nn(-c2cc(NS(C)(=O)=O)c(Cl)cc2Cl)c(=O)n1C(F)F. The Balaban J connectivity index is 0.000000297. The molecule has 0 saturated heterocycles. The van der Waals surface area contributed by atoms with Crippen molar-refractivity contribution >= 4 is 73.7 Å². The lowest BCUT2D eigenvalue weighted by atomic mass is 10.3. The molecular formula is C20H19Cl4F2N5O4S. The zero-order chi connectivity index (χ0) is 27.4. The Morgan fingerprint density at radius 2 is 1.69 bits per heavy atom. The van der Waals surface area contributed by atoms with Gasteiger partial charge in [-0.3, -0.25) is 9.52 Å². The Labute approximate surface area is 225 Å². The molecule has 1 amide bonds. The molecule has 0 aliphatic rings. The minimum atomic E-state index is -3.65. The van der Waals surface area contributed by atoms with Crippen LogP contribution in [0.2, 0.25) is 20.1 Å². The number of aryl methyl sites for hydroxylation is 1. The standard InChI is InChI=1S/C11H10Cl2F2N4O3S.C9H9Cl2NO/c1-5-16-19(11(20)18(5)10(14)15)9-4-8(17-23(2,21)22)6(12)3-7(9)13;1-2-9(13)12-6-3-4-7(10)8(11)5-6/h3-4,10,17H,1-2H3;3-5H,2H2,1H3,(H,12,13). The maximum atomic E-state index is 12.8. The van der Waals surface area contributed by atoms with Gasteiger partial charge in [-0.2, -0.15) is 13.5 Å². The van der Waals surface area contributed by atoms with Gasteiger partial charge in [0, 0.05) is 12.1 Å². The third kappa shape index (κ3) is 7.81. The second kappa shape index (κ2) is 12.2. The number of hydrogen-bond acceptors (Lipinski definition) is 5. The van der Waals surface area contributed by atoms with Gasteiger partial charge in [0.25, 0.3) is 0 Å². The fourth-order valence-corrected chi connectivity index (χ4v) is 4.09. The second-order valence-electron chi connectivity index (χ2n) is 7.08. The van der Waals surface area contributed by atoms with E-state index in [4.69, 9.17) is 46.4 Å². The maximum Gasteiger partial charge on any atom is 0.355 e. The van der Waals surface area contributed by atoms with Crippen LogP contribution < -0.4 is 15.7 Å². The normalized spacial score (nSPS) is 11.2. The van der Waals surface area contributed by atoms with Gasteiger partial charge in [0.05, 0.1) is 37.7 Å². The van der Waals surface area contributed by atoms with E-state index in [9.17, 15) is 26.8 Å². The number of halogens is 6. The van der Waals surface area contributed by atoms with E-state index in [1.54, 1.807) is 25.1 Å². The van der Waals surface area contributed by atoms with Crippen molar-refractivity contribution in [3.8, 4) is 5.69 Å². The predicted octanol–water partition coefficient (Wildman–Crippen LogP) is 5.76. The summed E-state index contributed by atoms with van der Waals surface area (Å²) in [6.07, 6.45) is 1.35. The summed E-state index contributed by atoms with van der Waals surface area (Å²) in [5, 5.41) is 7.23. The van der Waals surface area contributed by atoms with Crippen LogP contribution in [0.4, 0.5) is 20.2 Å². The molecule has 36 heavy (non-hydrogen) atoms. The molecule has 0 unspecified atom stereocenters. The molecule has 2 N–H and O–H groups in total. The molecule has 0 aliphatic carbocycles. The van der Waals surface area contributed by atoms with E-state index in [2.05, 4.69) is 15.1 Å². The van der Waals surface area contributed by atoms with Crippen molar-refractivity contribution in [1.29, 1.82) is 0 Å². The highest BCUT2D eigenvalue weighted by Gasteiger charge is 2.21. The predicted molar refractivity (Wildman–Crippen MR) is 138 cm³/mol. The summed E-state index contributed by atoms with van der Waals surface area (Å²) in [5.74, 6) is -0.271. The van der Waals surface area contributed by atoms with Crippen LogP contribution in [0.5, 0.6) is 0 Å². The maximum absolute atomic E-state index is 12.8. The summed E-state index contributed by atoms with van der Waals surface area (Å²) in [4.78, 5) is 23.0. The zero-order valence-electron chi connectivity index (χ0n) is 18.8. The smallest absolute Gasteiger partial charge is 0.326 e. The van der Waals surface area contributed by atoms with Gasteiger partial charge in [-0.15, -0.1) is 5.10 Å². The number of nitrogens with one attached hydrogen (secondary N) is 2. The number of carbonyl (C=O) groups is 1. The number of sulfonamides is 1. The number of benzene rings is 2.